The molecule has 1 aliphatic rings. The van der Waals surface area contributed by atoms with Gasteiger partial charge in [0.15, 0.2) is 0 Å². The smallest absolute Gasteiger partial charge is 0.205 e. The number of rotatable bonds is 1. The molecule has 3 heteroatoms. The Morgan fingerprint density at radius 3 is 2.71 bits per heavy atom. The molecule has 1 saturated heterocycles. The van der Waals surface area contributed by atoms with Gasteiger partial charge in [0.1, 0.15) is 0 Å². The lowest BCUT2D eigenvalue weighted by Gasteiger charge is -2.21. The average molecular weight is 187 g/mol. The number of nitrogens with zero attached hydrogens (tertiary/aromatic N) is 2. The highest BCUT2D eigenvalue weighted by atomic mass is 14.9. The highest BCUT2D eigenvalue weighted by molar-refractivity contribution is 5.42. The van der Waals surface area contributed by atoms with Gasteiger partial charge in [-0.25, -0.2) is 4.85 Å². The summed E-state index contributed by atoms with van der Waals surface area (Å²) >= 11 is 0. The zero-order chi connectivity index (χ0) is 9.80. The molecule has 0 bridgehead atoms. The van der Waals surface area contributed by atoms with Gasteiger partial charge >= 0.3 is 0 Å². The van der Waals surface area contributed by atoms with Gasteiger partial charge in [-0.2, -0.15) is 0 Å². The maximum Gasteiger partial charge on any atom is 0.205 e. The maximum absolute atomic E-state index is 6.83. The molecule has 0 atom stereocenters. The molecule has 0 unspecified atom stereocenters. The van der Waals surface area contributed by atoms with Gasteiger partial charge in [-0.3, -0.25) is 4.98 Å². The molecule has 0 spiro atoms. The van der Waals surface area contributed by atoms with Crippen LogP contribution in [-0.4, -0.2) is 18.1 Å². The average Bonchev–Trinajstić information content (AvgIpc) is 2.30. The summed E-state index contributed by atoms with van der Waals surface area (Å²) in [6, 6.07) is 3.85. The van der Waals surface area contributed by atoms with Crippen molar-refractivity contribution in [3.8, 4) is 0 Å². The van der Waals surface area contributed by atoms with Gasteiger partial charge in [-0.1, -0.05) is 12.1 Å². The summed E-state index contributed by atoms with van der Waals surface area (Å²) in [5, 5.41) is 3.33. The molecule has 0 aliphatic carbocycles. The first-order chi connectivity index (χ1) is 6.90. The molecule has 2 heterocycles. The van der Waals surface area contributed by atoms with Gasteiger partial charge in [0.25, 0.3) is 0 Å². The Morgan fingerprint density at radius 2 is 2.14 bits per heavy atom. The van der Waals surface area contributed by atoms with Crippen LogP contribution in [0.2, 0.25) is 0 Å². The van der Waals surface area contributed by atoms with E-state index in [1.165, 1.54) is 0 Å². The fourth-order valence-electron chi connectivity index (χ4n) is 1.82. The van der Waals surface area contributed by atoms with Gasteiger partial charge in [0.05, 0.1) is 6.57 Å². The van der Waals surface area contributed by atoms with Crippen LogP contribution in [0.5, 0.6) is 0 Å². The number of piperidine rings is 1. The molecule has 14 heavy (non-hydrogen) atoms. The molecule has 0 aromatic carbocycles. The molecule has 72 valence electrons. The second kappa shape index (κ2) is 4.21. The molecule has 2 rings (SSSR count). The molecular formula is C11H13N3. The lowest BCUT2D eigenvalue weighted by atomic mass is 9.94. The summed E-state index contributed by atoms with van der Waals surface area (Å²) in [7, 11) is 0. The van der Waals surface area contributed by atoms with Crippen molar-refractivity contribution in [2.45, 2.75) is 18.8 Å². The second-order valence-corrected chi connectivity index (χ2v) is 3.58. The number of pyridine rings is 1. The van der Waals surface area contributed by atoms with Crippen LogP contribution < -0.4 is 5.32 Å². The molecule has 1 fully saturated rings. The van der Waals surface area contributed by atoms with Crippen LogP contribution in [0.3, 0.4) is 0 Å². The normalized spacial score (nSPS) is 17.6. The first kappa shape index (κ1) is 9.17. The van der Waals surface area contributed by atoms with Crippen molar-refractivity contribution in [1.29, 1.82) is 0 Å². The molecule has 1 aromatic rings. The van der Waals surface area contributed by atoms with Crippen LogP contribution in [0.25, 0.3) is 4.85 Å². The lowest BCUT2D eigenvalue weighted by Crippen LogP contribution is -2.26. The molecule has 1 aliphatic heterocycles. The van der Waals surface area contributed by atoms with E-state index >= 15 is 0 Å². The fourth-order valence-corrected chi connectivity index (χ4v) is 1.82. The first-order valence-corrected chi connectivity index (χ1v) is 4.94. The van der Waals surface area contributed by atoms with Crippen molar-refractivity contribution >= 4 is 5.69 Å². The molecule has 0 radical (unpaired) electrons. The molecule has 1 N–H and O–H groups in total. The minimum atomic E-state index is 0.580. The molecule has 0 saturated carbocycles. The third-order valence-corrected chi connectivity index (χ3v) is 2.66. The number of hydrogen-bond donors (Lipinski definition) is 1. The Bertz CT molecular complexity index is 331. The lowest BCUT2D eigenvalue weighted by molar-refractivity contribution is 0.453. The summed E-state index contributed by atoms with van der Waals surface area (Å²) in [5.41, 5.74) is 1.77. The fraction of sp³-hybridized carbons (Fsp3) is 0.455. The summed E-state index contributed by atoms with van der Waals surface area (Å²) in [6.07, 6.45) is 3.99. The van der Waals surface area contributed by atoms with Gasteiger partial charge < -0.3 is 5.32 Å². The SMILES string of the molecule is [C-]#[N+]c1ccc(C2CCNCC2)nc1. The van der Waals surface area contributed by atoms with Gasteiger partial charge in [-0.15, -0.1) is 0 Å². The Morgan fingerprint density at radius 1 is 1.36 bits per heavy atom. The first-order valence-electron chi connectivity index (χ1n) is 4.94. The molecule has 0 amide bonds. The van der Waals surface area contributed by atoms with Gasteiger partial charge in [0.2, 0.25) is 5.69 Å². The van der Waals surface area contributed by atoms with Crippen LogP contribution in [0, 0.1) is 6.57 Å². The van der Waals surface area contributed by atoms with E-state index in [-0.39, 0.29) is 0 Å². The van der Waals surface area contributed by atoms with Crippen molar-refractivity contribution < 1.29 is 0 Å². The molecule has 3 nitrogen and oxygen atoms in total. The summed E-state index contributed by atoms with van der Waals surface area (Å²) < 4.78 is 0. The third kappa shape index (κ3) is 1.91. The van der Waals surface area contributed by atoms with Gasteiger partial charge in [-0.05, 0) is 25.9 Å². The Hall–Kier alpha value is -1.40. The van der Waals surface area contributed by atoms with E-state index in [1.807, 2.05) is 12.1 Å². The van der Waals surface area contributed by atoms with Gasteiger partial charge in [0, 0.05) is 17.8 Å². The minimum Gasteiger partial charge on any atom is -0.317 e. The standard InChI is InChI=1S/C11H13N3/c1-12-10-2-3-11(14-8-10)9-4-6-13-7-5-9/h2-3,8-9,13H,4-7H2. The van der Waals surface area contributed by atoms with E-state index in [2.05, 4.69) is 15.1 Å². The Balaban J connectivity index is 2.12. The van der Waals surface area contributed by atoms with Crippen molar-refractivity contribution in [1.82, 2.24) is 10.3 Å². The van der Waals surface area contributed by atoms with Crippen molar-refractivity contribution in [3.63, 3.8) is 0 Å². The Kier molecular flexibility index (Phi) is 2.76. The van der Waals surface area contributed by atoms with Crippen molar-refractivity contribution in [3.05, 3.63) is 35.4 Å². The minimum absolute atomic E-state index is 0.580. The van der Waals surface area contributed by atoms with E-state index in [9.17, 15) is 0 Å². The van der Waals surface area contributed by atoms with E-state index in [4.69, 9.17) is 6.57 Å². The molecular weight excluding hydrogens is 174 g/mol. The van der Waals surface area contributed by atoms with Crippen LogP contribution >= 0.6 is 0 Å². The zero-order valence-corrected chi connectivity index (χ0v) is 8.03. The van der Waals surface area contributed by atoms with E-state index in [0.717, 1.165) is 31.6 Å². The van der Waals surface area contributed by atoms with Crippen LogP contribution in [0.4, 0.5) is 5.69 Å². The van der Waals surface area contributed by atoms with E-state index < -0.39 is 0 Å². The number of nitrogens with one attached hydrogen (secondary N) is 1. The topological polar surface area (TPSA) is 29.3 Å². The predicted octanol–water partition coefficient (Wildman–Crippen LogP) is 2.10. The monoisotopic (exact) mass is 187 g/mol. The van der Waals surface area contributed by atoms with Crippen LogP contribution in [0.15, 0.2) is 18.3 Å². The molecule has 1 aromatic heterocycles. The van der Waals surface area contributed by atoms with Crippen LogP contribution in [-0.2, 0) is 0 Å². The number of hydrogen-bond acceptors (Lipinski definition) is 2. The highest BCUT2D eigenvalue weighted by Crippen LogP contribution is 2.24. The maximum atomic E-state index is 6.83. The van der Waals surface area contributed by atoms with E-state index in [0.29, 0.717) is 11.6 Å². The third-order valence-electron chi connectivity index (χ3n) is 2.66. The summed E-state index contributed by atoms with van der Waals surface area (Å²) in [6.45, 7) is 8.99. The van der Waals surface area contributed by atoms with E-state index in [1.54, 1.807) is 6.20 Å². The highest BCUT2D eigenvalue weighted by Gasteiger charge is 2.15. The number of aromatic nitrogens is 1. The summed E-state index contributed by atoms with van der Waals surface area (Å²) in [4.78, 5) is 7.66. The second-order valence-electron chi connectivity index (χ2n) is 3.58. The predicted molar refractivity (Wildman–Crippen MR) is 55.3 cm³/mol. The van der Waals surface area contributed by atoms with Crippen molar-refractivity contribution in [2.75, 3.05) is 13.1 Å². The van der Waals surface area contributed by atoms with Crippen LogP contribution in [0.1, 0.15) is 24.5 Å². The zero-order valence-electron chi connectivity index (χ0n) is 8.03. The largest absolute Gasteiger partial charge is 0.317 e. The summed E-state index contributed by atoms with van der Waals surface area (Å²) in [5.74, 6) is 0.580. The van der Waals surface area contributed by atoms with Crippen molar-refractivity contribution in [2.24, 2.45) is 0 Å². The Labute approximate surface area is 84.0 Å². The quantitative estimate of drug-likeness (QED) is 0.682.